The molecular formula is CH10O6S. The largest absolute Gasteiger partial charge is 0.256 e. The van der Waals surface area contributed by atoms with E-state index in [0.29, 0.717) is 0 Å². The van der Waals surface area contributed by atoms with Gasteiger partial charge in [-0.3, -0.25) is 21.0 Å². The quantitative estimate of drug-likeness (QED) is 0.145. The molecule has 0 aromatic heterocycles. The predicted molar refractivity (Wildman–Crippen MR) is 29.9 cm³/mol. The molecule has 0 spiro atoms. The summed E-state index contributed by atoms with van der Waals surface area (Å²) in [5.74, 6) is 0. The van der Waals surface area contributed by atoms with Gasteiger partial charge in [0, 0.05) is 12.9 Å². The topological polar surface area (TPSA) is 110 Å². The fraction of sp³-hybridized carbons (Fsp3) is 1.00. The van der Waals surface area contributed by atoms with E-state index in [1.807, 2.05) is 0 Å². The Balaban J connectivity index is -0.0000000221. The Morgan fingerprint density at radius 3 is 1.38 bits per heavy atom. The molecule has 0 aromatic carbocycles. The second-order valence-corrected chi connectivity index (χ2v) is 0.224. The van der Waals surface area contributed by atoms with Gasteiger partial charge in [0.2, 0.25) is 0 Å². The van der Waals surface area contributed by atoms with E-state index >= 15 is 0 Å². The first-order chi connectivity index (χ1) is 3.91. The second kappa shape index (κ2) is 215. The standard InChI is InChI=1S/CH4.H2O2S.2H2O2/c;1-2-3;2*1-2/h1H4;1,3H;2*1-2H/i/hT. The monoisotopic (exact) mass is 152 g/mol. The van der Waals surface area contributed by atoms with Crippen LogP contribution >= 0.6 is 12.9 Å². The molecule has 8 heavy (non-hydrogen) atoms. The second-order valence-electron chi connectivity index (χ2n) is 0.0745. The SMILES string of the molecule is C.OO.OO.[3H]OOS. The number of rotatable bonds is 1. The van der Waals surface area contributed by atoms with Crippen molar-refractivity contribution < 1.29 is 30.6 Å². The summed E-state index contributed by atoms with van der Waals surface area (Å²) in [6, 6.07) is 0. The van der Waals surface area contributed by atoms with Crippen LogP contribution in [0.2, 0.25) is 0 Å². The van der Waals surface area contributed by atoms with Gasteiger partial charge in [-0.25, -0.2) is 5.26 Å². The summed E-state index contributed by atoms with van der Waals surface area (Å²) < 4.78 is 9.06. The van der Waals surface area contributed by atoms with Gasteiger partial charge < -0.3 is 0 Å². The van der Waals surface area contributed by atoms with Crippen molar-refractivity contribution >= 4 is 12.9 Å². The summed E-state index contributed by atoms with van der Waals surface area (Å²) in [6.45, 7) is 0. The van der Waals surface area contributed by atoms with Gasteiger partial charge in [-0.05, 0) is 0 Å². The van der Waals surface area contributed by atoms with Crippen LogP contribution in [0.4, 0.5) is 0 Å². The Labute approximate surface area is 53.5 Å². The molecular weight excluding hydrogens is 140 g/mol. The highest BCUT2D eigenvalue weighted by Gasteiger charge is 1.28. The van der Waals surface area contributed by atoms with Gasteiger partial charge >= 0.3 is 0 Å². The first-order valence-corrected chi connectivity index (χ1v) is 1.11. The summed E-state index contributed by atoms with van der Waals surface area (Å²) in [7, 11) is 0. The Morgan fingerprint density at radius 1 is 1.25 bits per heavy atom. The van der Waals surface area contributed by atoms with Crippen LogP contribution in [0.1, 0.15) is 7.43 Å². The molecule has 0 heterocycles. The molecule has 0 fully saturated rings. The van der Waals surface area contributed by atoms with Crippen LogP contribution in [-0.4, -0.2) is 26.3 Å². The van der Waals surface area contributed by atoms with Crippen molar-refractivity contribution in [2.24, 2.45) is 0 Å². The Bertz CT molecular complexity index is 15.0. The van der Waals surface area contributed by atoms with Gasteiger partial charge in [-0.15, -0.1) is 0 Å². The van der Waals surface area contributed by atoms with E-state index in [0.717, 1.165) is 0 Å². The fourth-order valence-electron chi connectivity index (χ4n) is 0. The molecule has 0 amide bonds. The third-order valence-corrected chi connectivity index (χ3v) is 0. The van der Waals surface area contributed by atoms with Gasteiger partial charge in [-0.2, -0.15) is 4.33 Å². The minimum atomic E-state index is 0. The fourth-order valence-corrected chi connectivity index (χ4v) is 0. The lowest BCUT2D eigenvalue weighted by Gasteiger charge is -1.56. The van der Waals surface area contributed by atoms with Crippen LogP contribution in [0.5, 0.6) is 0 Å². The lowest BCUT2D eigenvalue weighted by atomic mass is 12.0. The van der Waals surface area contributed by atoms with Gasteiger partial charge in [0.1, 0.15) is 0 Å². The molecule has 6 nitrogen and oxygen atoms in total. The molecule has 0 bridgehead atoms. The predicted octanol–water partition coefficient (Wildman–Crippen LogP) is 0.992. The van der Waals surface area contributed by atoms with E-state index in [4.69, 9.17) is 22.5 Å². The molecule has 56 valence electrons. The van der Waals surface area contributed by atoms with Crippen LogP contribution in [0.25, 0.3) is 1.43 Å². The first-order valence-electron chi connectivity index (χ1n) is 1.16. The summed E-state index contributed by atoms with van der Waals surface area (Å²) in [6.07, 6.45) is 0. The van der Waals surface area contributed by atoms with Crippen LogP contribution in [0.3, 0.4) is 0 Å². The molecule has 0 radical (unpaired) electrons. The van der Waals surface area contributed by atoms with Gasteiger partial charge in [-0.1, -0.05) is 7.43 Å². The van der Waals surface area contributed by atoms with E-state index in [1.165, 1.54) is 0 Å². The van der Waals surface area contributed by atoms with Crippen molar-refractivity contribution in [3.05, 3.63) is 0 Å². The molecule has 0 aliphatic carbocycles. The van der Waals surface area contributed by atoms with Crippen LogP contribution in [-0.2, 0) is 4.33 Å². The van der Waals surface area contributed by atoms with Crippen molar-refractivity contribution in [1.29, 1.82) is 1.43 Å². The lowest BCUT2D eigenvalue weighted by molar-refractivity contribution is -0.176. The van der Waals surface area contributed by atoms with Gasteiger partial charge in [0.05, 0.1) is 0 Å². The molecule has 0 rings (SSSR count). The zero-order valence-electron chi connectivity index (χ0n) is 4.05. The van der Waals surface area contributed by atoms with Crippen LogP contribution in [0.15, 0.2) is 0 Å². The van der Waals surface area contributed by atoms with E-state index in [1.54, 1.807) is 0 Å². The normalized spacial score (nSPS) is 5.38. The van der Waals surface area contributed by atoms with Gasteiger partial charge in [0.15, 0.2) is 0 Å². The summed E-state index contributed by atoms with van der Waals surface area (Å²) in [4.78, 5) is 0. The van der Waals surface area contributed by atoms with Crippen molar-refractivity contribution in [3.63, 3.8) is 0 Å². The average Bonchev–Trinajstić information content (AvgIpc) is 1.96. The minimum absolute atomic E-state index is 0. The first kappa shape index (κ1) is 15.7. The Morgan fingerprint density at radius 2 is 1.38 bits per heavy atom. The van der Waals surface area contributed by atoms with E-state index in [9.17, 15) is 0 Å². The highest BCUT2D eigenvalue weighted by atomic mass is 32.1. The highest BCUT2D eigenvalue weighted by Crippen LogP contribution is 1.56. The zero-order chi connectivity index (χ0) is 7.41. The van der Waals surface area contributed by atoms with Crippen molar-refractivity contribution in [3.8, 4) is 0 Å². The molecule has 5 N–H and O–H groups in total. The minimum Gasteiger partial charge on any atom is -0.255 e. The Kier molecular flexibility index (Phi) is 423. The third kappa shape index (κ3) is 13200. The van der Waals surface area contributed by atoms with Gasteiger partial charge in [0.25, 0.3) is 1.43 Å². The van der Waals surface area contributed by atoms with E-state index < -0.39 is 0 Å². The molecule has 7 heteroatoms. The molecule has 0 aliphatic rings. The number of hydrogen-bond donors (Lipinski definition) is 6. The highest BCUT2D eigenvalue weighted by molar-refractivity contribution is 7.74. The van der Waals surface area contributed by atoms with Crippen molar-refractivity contribution in [2.45, 2.75) is 7.43 Å². The average molecular weight is 152 g/mol. The molecule has 0 saturated heterocycles. The molecule has 0 aliphatic heterocycles. The summed E-state index contributed by atoms with van der Waals surface area (Å²) in [5, 5.41) is 27.2. The Hall–Kier alpha value is 0.110. The zero-order valence-corrected chi connectivity index (χ0v) is 3.95. The maximum absolute atomic E-state index is 6.00. The van der Waals surface area contributed by atoms with Crippen LogP contribution in [0, 0.1) is 0 Å². The van der Waals surface area contributed by atoms with Crippen LogP contribution < -0.4 is 0 Å². The third-order valence-electron chi connectivity index (χ3n) is 0. The van der Waals surface area contributed by atoms with Crippen molar-refractivity contribution in [2.75, 3.05) is 0 Å². The lowest BCUT2D eigenvalue weighted by Crippen LogP contribution is -1.43. The maximum atomic E-state index is 6.00. The van der Waals surface area contributed by atoms with E-state index in [-0.39, 0.29) is 7.43 Å². The van der Waals surface area contributed by atoms with E-state index in [2.05, 4.69) is 22.5 Å². The molecule has 0 unspecified atom stereocenters. The summed E-state index contributed by atoms with van der Waals surface area (Å²) in [5.41, 5.74) is 0. The van der Waals surface area contributed by atoms with Crippen molar-refractivity contribution in [1.82, 2.24) is 0 Å². The molecule has 0 saturated carbocycles. The molecule has 0 atom stereocenters. The summed E-state index contributed by atoms with van der Waals surface area (Å²) >= 11 is 3.01. The smallest absolute Gasteiger partial charge is 0.255 e. The number of thiol groups is 1. The number of hydrogen-bond acceptors (Lipinski definition) is 7. The maximum Gasteiger partial charge on any atom is 0.256 e. The molecule has 0 aromatic rings.